The molecule has 1 aromatic carbocycles. The first-order valence-corrected chi connectivity index (χ1v) is 6.06. The molecule has 0 unspecified atom stereocenters. The Labute approximate surface area is 103 Å². The highest BCUT2D eigenvalue weighted by molar-refractivity contribution is 7.22. The molecule has 0 aliphatic carbocycles. The molecule has 1 N–H and O–H groups in total. The lowest BCUT2D eigenvalue weighted by molar-refractivity contribution is -0.137. The van der Waals surface area contributed by atoms with Crippen LogP contribution in [0.1, 0.15) is 6.92 Å². The number of thiazole rings is 1. The molecule has 88 valence electrons. The third kappa shape index (κ3) is 3.04. The second kappa shape index (κ2) is 5.45. The van der Waals surface area contributed by atoms with E-state index < -0.39 is 0 Å². The van der Waals surface area contributed by atoms with E-state index in [1.54, 1.807) is 6.92 Å². The number of hydrogen-bond acceptors (Lipinski definition) is 5. The van der Waals surface area contributed by atoms with Crippen molar-refractivity contribution in [2.24, 2.45) is 0 Å². The van der Waals surface area contributed by atoms with Crippen LogP contribution in [0.2, 0.25) is 0 Å². The Bertz CT molecular complexity index is 515. The van der Waals surface area contributed by atoms with Gasteiger partial charge in [-0.15, -0.1) is 0 Å². The molecule has 0 atom stereocenters. The van der Waals surface area contributed by atoms with E-state index in [4.69, 9.17) is 4.74 Å². The summed E-state index contributed by atoms with van der Waals surface area (Å²) in [5.41, 5.74) is 0.949. The molecular formula is C12H12N2O2S. The number of rotatable bonds is 4. The molecule has 0 aliphatic heterocycles. The van der Waals surface area contributed by atoms with Gasteiger partial charge in [0.1, 0.15) is 0 Å². The van der Waals surface area contributed by atoms with Gasteiger partial charge in [0.05, 0.1) is 16.8 Å². The summed E-state index contributed by atoms with van der Waals surface area (Å²) in [5, 5.41) is 3.71. The maximum absolute atomic E-state index is 11.0. The van der Waals surface area contributed by atoms with Crippen molar-refractivity contribution in [2.75, 3.05) is 11.9 Å². The van der Waals surface area contributed by atoms with Crippen LogP contribution in [-0.2, 0) is 9.53 Å². The summed E-state index contributed by atoms with van der Waals surface area (Å²) in [5.74, 6) is -0.360. The highest BCUT2D eigenvalue weighted by Gasteiger charge is 2.00. The van der Waals surface area contributed by atoms with E-state index in [0.717, 1.165) is 15.3 Å². The number of carbonyl (C=O) groups excluding carboxylic acids is 1. The third-order valence-corrected chi connectivity index (χ3v) is 2.97. The monoisotopic (exact) mass is 248 g/mol. The lowest BCUT2D eigenvalue weighted by atomic mass is 10.3. The molecular weight excluding hydrogens is 236 g/mol. The van der Waals surface area contributed by atoms with Crippen LogP contribution in [0.25, 0.3) is 10.2 Å². The molecule has 0 amide bonds. The van der Waals surface area contributed by atoms with Gasteiger partial charge in [-0.25, -0.2) is 9.78 Å². The molecule has 5 heteroatoms. The van der Waals surface area contributed by atoms with Crippen molar-refractivity contribution in [3.05, 3.63) is 36.5 Å². The molecule has 2 aromatic rings. The van der Waals surface area contributed by atoms with Crippen LogP contribution in [0, 0.1) is 0 Å². The Morgan fingerprint density at radius 3 is 3.12 bits per heavy atom. The summed E-state index contributed by atoms with van der Waals surface area (Å²) in [6.07, 6.45) is 2.88. The van der Waals surface area contributed by atoms with Crippen LogP contribution in [0.4, 0.5) is 5.13 Å². The summed E-state index contributed by atoms with van der Waals surface area (Å²) in [6, 6.07) is 7.87. The predicted octanol–water partition coefficient (Wildman–Crippen LogP) is 2.79. The van der Waals surface area contributed by atoms with Crippen molar-refractivity contribution >= 4 is 32.7 Å². The first-order chi connectivity index (χ1) is 8.29. The fourth-order valence-corrected chi connectivity index (χ4v) is 2.15. The minimum atomic E-state index is -0.360. The lowest BCUT2D eigenvalue weighted by Gasteiger charge is -1.95. The van der Waals surface area contributed by atoms with Crippen molar-refractivity contribution < 1.29 is 9.53 Å². The average molecular weight is 248 g/mol. The summed E-state index contributed by atoms with van der Waals surface area (Å²) < 4.78 is 5.87. The number of aromatic nitrogens is 1. The average Bonchev–Trinajstić information content (AvgIpc) is 2.71. The standard InChI is InChI=1S/C12H12N2O2S/c1-2-16-11(15)7-8-13-12-14-9-5-3-4-6-10(9)17-12/h3-8H,2H2,1H3,(H,13,14)/b8-7+. The molecule has 0 radical (unpaired) electrons. The summed E-state index contributed by atoms with van der Waals surface area (Å²) in [6.45, 7) is 2.15. The molecule has 17 heavy (non-hydrogen) atoms. The van der Waals surface area contributed by atoms with Gasteiger partial charge in [0.2, 0.25) is 0 Å². The molecule has 0 aliphatic rings. The Morgan fingerprint density at radius 2 is 2.35 bits per heavy atom. The molecule has 1 heterocycles. The van der Waals surface area contributed by atoms with Crippen molar-refractivity contribution in [2.45, 2.75) is 6.92 Å². The number of nitrogens with one attached hydrogen (secondary N) is 1. The number of nitrogens with zero attached hydrogens (tertiary/aromatic N) is 1. The first-order valence-electron chi connectivity index (χ1n) is 5.25. The van der Waals surface area contributed by atoms with Gasteiger partial charge in [0.25, 0.3) is 0 Å². The van der Waals surface area contributed by atoms with E-state index in [9.17, 15) is 4.79 Å². The van der Waals surface area contributed by atoms with Gasteiger partial charge >= 0.3 is 5.97 Å². The van der Waals surface area contributed by atoms with E-state index in [1.807, 2.05) is 24.3 Å². The van der Waals surface area contributed by atoms with Crippen LogP contribution in [-0.4, -0.2) is 17.6 Å². The molecule has 2 rings (SSSR count). The lowest BCUT2D eigenvalue weighted by Crippen LogP contribution is -2.00. The highest BCUT2D eigenvalue weighted by atomic mass is 32.1. The topological polar surface area (TPSA) is 51.2 Å². The SMILES string of the molecule is CCOC(=O)/C=C/Nc1nc2ccccc2s1. The highest BCUT2D eigenvalue weighted by Crippen LogP contribution is 2.25. The normalized spacial score (nSPS) is 10.9. The Hall–Kier alpha value is -1.88. The van der Waals surface area contributed by atoms with Crippen molar-refractivity contribution in [3.8, 4) is 0 Å². The van der Waals surface area contributed by atoms with Crippen LogP contribution >= 0.6 is 11.3 Å². The van der Waals surface area contributed by atoms with Crippen molar-refractivity contribution in [3.63, 3.8) is 0 Å². The van der Waals surface area contributed by atoms with Gasteiger partial charge in [-0.05, 0) is 19.1 Å². The first kappa shape index (κ1) is 11.6. The minimum absolute atomic E-state index is 0.360. The third-order valence-electron chi connectivity index (χ3n) is 2.01. The number of ether oxygens (including phenoxy) is 1. The number of anilines is 1. The molecule has 0 saturated carbocycles. The molecule has 0 bridgehead atoms. The summed E-state index contributed by atoms with van der Waals surface area (Å²) in [7, 11) is 0. The van der Waals surface area contributed by atoms with Crippen LogP contribution < -0.4 is 5.32 Å². The van der Waals surface area contributed by atoms with E-state index >= 15 is 0 Å². The van der Waals surface area contributed by atoms with Crippen LogP contribution in [0.15, 0.2) is 36.5 Å². The Balaban J connectivity index is 2.01. The van der Waals surface area contributed by atoms with Crippen LogP contribution in [0.3, 0.4) is 0 Å². The van der Waals surface area contributed by atoms with Crippen molar-refractivity contribution in [1.29, 1.82) is 0 Å². The van der Waals surface area contributed by atoms with Gasteiger partial charge in [-0.1, -0.05) is 23.5 Å². The zero-order chi connectivity index (χ0) is 12.1. The Kier molecular flexibility index (Phi) is 3.72. The number of benzene rings is 1. The maximum atomic E-state index is 11.0. The predicted molar refractivity (Wildman–Crippen MR) is 69.0 cm³/mol. The molecule has 1 aromatic heterocycles. The molecule has 0 fully saturated rings. The smallest absolute Gasteiger partial charge is 0.332 e. The molecule has 0 spiro atoms. The minimum Gasteiger partial charge on any atom is -0.463 e. The van der Waals surface area contributed by atoms with E-state index in [0.29, 0.717) is 6.61 Å². The van der Waals surface area contributed by atoms with E-state index in [1.165, 1.54) is 23.6 Å². The number of para-hydroxylation sites is 1. The zero-order valence-corrected chi connectivity index (χ0v) is 10.2. The van der Waals surface area contributed by atoms with E-state index in [-0.39, 0.29) is 5.97 Å². The fraction of sp³-hybridized carbons (Fsp3) is 0.167. The number of fused-ring (bicyclic) bond motifs is 1. The number of carbonyl (C=O) groups is 1. The number of hydrogen-bond donors (Lipinski definition) is 1. The summed E-state index contributed by atoms with van der Waals surface area (Å²) >= 11 is 1.54. The van der Waals surface area contributed by atoms with Gasteiger partial charge in [0.15, 0.2) is 5.13 Å². The Morgan fingerprint density at radius 1 is 1.53 bits per heavy atom. The fourth-order valence-electron chi connectivity index (χ4n) is 1.31. The van der Waals surface area contributed by atoms with Gasteiger partial charge in [-0.3, -0.25) is 0 Å². The largest absolute Gasteiger partial charge is 0.463 e. The molecule has 0 saturated heterocycles. The zero-order valence-electron chi connectivity index (χ0n) is 9.34. The number of esters is 1. The second-order valence-corrected chi connectivity index (χ2v) is 4.25. The van der Waals surface area contributed by atoms with Crippen LogP contribution in [0.5, 0.6) is 0 Å². The quantitative estimate of drug-likeness (QED) is 0.667. The molecule has 4 nitrogen and oxygen atoms in total. The van der Waals surface area contributed by atoms with Crippen molar-refractivity contribution in [1.82, 2.24) is 4.98 Å². The second-order valence-electron chi connectivity index (χ2n) is 3.22. The van der Waals surface area contributed by atoms with E-state index in [2.05, 4.69) is 10.3 Å². The summed E-state index contributed by atoms with van der Waals surface area (Å²) in [4.78, 5) is 15.4. The maximum Gasteiger partial charge on any atom is 0.332 e. The van der Waals surface area contributed by atoms with Gasteiger partial charge in [0, 0.05) is 12.3 Å². The van der Waals surface area contributed by atoms with Gasteiger partial charge in [-0.2, -0.15) is 0 Å². The van der Waals surface area contributed by atoms with Gasteiger partial charge < -0.3 is 10.1 Å².